The van der Waals surface area contributed by atoms with Crippen LogP contribution in [0, 0.1) is 11.8 Å². The van der Waals surface area contributed by atoms with Gasteiger partial charge in [0, 0.05) is 17.3 Å². The number of amides is 1. The van der Waals surface area contributed by atoms with Gasteiger partial charge in [0.05, 0.1) is 0 Å². The summed E-state index contributed by atoms with van der Waals surface area (Å²) in [5, 5.41) is 3.19. The maximum atomic E-state index is 12.5. The minimum Gasteiger partial charge on any atom is -0.384 e. The van der Waals surface area contributed by atoms with Crippen molar-refractivity contribution in [2.45, 2.75) is 58.9 Å². The molecule has 1 aromatic rings. The highest BCUT2D eigenvalue weighted by Gasteiger charge is 2.28. The van der Waals surface area contributed by atoms with Gasteiger partial charge in [0.25, 0.3) is 5.91 Å². The Hall–Kier alpha value is -1.58. The molecule has 1 heterocycles. The zero-order chi connectivity index (χ0) is 15.6. The quantitative estimate of drug-likeness (QED) is 0.896. The molecule has 4 heteroatoms. The third kappa shape index (κ3) is 3.74. The number of anilines is 1. The molecule has 116 valence electrons. The van der Waals surface area contributed by atoms with E-state index in [1.807, 2.05) is 19.9 Å². The summed E-state index contributed by atoms with van der Waals surface area (Å²) >= 11 is 0. The molecule has 0 aliphatic heterocycles. The van der Waals surface area contributed by atoms with Crippen molar-refractivity contribution in [2.24, 2.45) is 11.8 Å². The van der Waals surface area contributed by atoms with Crippen LogP contribution in [0.25, 0.3) is 0 Å². The van der Waals surface area contributed by atoms with Crippen molar-refractivity contribution in [1.29, 1.82) is 0 Å². The normalized spacial score (nSPS) is 25.9. The maximum Gasteiger partial charge on any atom is 0.251 e. The van der Waals surface area contributed by atoms with E-state index in [9.17, 15) is 4.79 Å². The molecule has 0 bridgehead atoms. The smallest absolute Gasteiger partial charge is 0.251 e. The van der Waals surface area contributed by atoms with Crippen LogP contribution in [0.2, 0.25) is 0 Å². The summed E-state index contributed by atoms with van der Waals surface area (Å²) in [4.78, 5) is 16.8. The largest absolute Gasteiger partial charge is 0.384 e. The van der Waals surface area contributed by atoms with Gasteiger partial charge in [0.1, 0.15) is 5.82 Å². The Labute approximate surface area is 127 Å². The molecule has 1 amide bonds. The zero-order valence-electron chi connectivity index (χ0n) is 13.5. The molecule has 0 saturated heterocycles. The van der Waals surface area contributed by atoms with Crippen LogP contribution in [0.5, 0.6) is 0 Å². The lowest BCUT2D eigenvalue weighted by molar-refractivity contribution is 0.0891. The van der Waals surface area contributed by atoms with Gasteiger partial charge >= 0.3 is 0 Å². The molecule has 3 N–H and O–H groups in total. The summed E-state index contributed by atoms with van der Waals surface area (Å²) in [6.45, 7) is 8.60. The Morgan fingerprint density at radius 3 is 2.71 bits per heavy atom. The van der Waals surface area contributed by atoms with Gasteiger partial charge in [-0.1, -0.05) is 40.5 Å². The number of nitrogens with zero attached hydrogens (tertiary/aromatic N) is 1. The van der Waals surface area contributed by atoms with Crippen LogP contribution in [-0.4, -0.2) is 16.9 Å². The summed E-state index contributed by atoms with van der Waals surface area (Å²) in [5.41, 5.74) is 7.31. The van der Waals surface area contributed by atoms with Gasteiger partial charge in [-0.15, -0.1) is 0 Å². The minimum absolute atomic E-state index is 0.0306. The highest BCUT2D eigenvalue weighted by atomic mass is 16.1. The third-order valence-electron chi connectivity index (χ3n) is 4.74. The number of nitrogen functional groups attached to an aromatic ring is 1. The van der Waals surface area contributed by atoms with Crippen LogP contribution < -0.4 is 11.1 Å². The van der Waals surface area contributed by atoms with Crippen molar-refractivity contribution in [3.63, 3.8) is 0 Å². The standard InChI is InChI=1S/C17H27N3O/c1-10(2)15-8-13(9-16(18)19-15)17(21)20-14-7-5-6-11(3)12(14)4/h8-12,14H,5-7H2,1-4H3,(H2,18,19)(H,20,21). The second-order valence-corrected chi connectivity index (χ2v) is 6.71. The van der Waals surface area contributed by atoms with Crippen molar-refractivity contribution < 1.29 is 4.79 Å². The van der Waals surface area contributed by atoms with E-state index in [0.29, 0.717) is 23.2 Å². The molecule has 2 rings (SSSR count). The van der Waals surface area contributed by atoms with E-state index in [-0.39, 0.29) is 17.9 Å². The van der Waals surface area contributed by atoms with Crippen molar-refractivity contribution in [3.05, 3.63) is 23.4 Å². The van der Waals surface area contributed by atoms with Crippen molar-refractivity contribution in [3.8, 4) is 0 Å². The summed E-state index contributed by atoms with van der Waals surface area (Å²) in [5.74, 6) is 1.83. The second-order valence-electron chi connectivity index (χ2n) is 6.71. The van der Waals surface area contributed by atoms with Crippen LogP contribution in [0.3, 0.4) is 0 Å². The van der Waals surface area contributed by atoms with E-state index in [4.69, 9.17) is 5.73 Å². The molecule has 0 aromatic carbocycles. The molecule has 21 heavy (non-hydrogen) atoms. The lowest BCUT2D eigenvalue weighted by atomic mass is 9.78. The van der Waals surface area contributed by atoms with Crippen LogP contribution in [0.15, 0.2) is 12.1 Å². The van der Waals surface area contributed by atoms with Crippen LogP contribution in [0.4, 0.5) is 5.82 Å². The first-order valence-electron chi connectivity index (χ1n) is 7.96. The number of pyridine rings is 1. The molecular formula is C17H27N3O. The average molecular weight is 289 g/mol. The molecule has 1 saturated carbocycles. The van der Waals surface area contributed by atoms with Gasteiger partial charge < -0.3 is 11.1 Å². The highest BCUT2D eigenvalue weighted by molar-refractivity contribution is 5.95. The lowest BCUT2D eigenvalue weighted by Crippen LogP contribution is -2.43. The minimum atomic E-state index is -0.0306. The van der Waals surface area contributed by atoms with Gasteiger partial charge in [-0.3, -0.25) is 4.79 Å². The first-order chi connectivity index (χ1) is 9.88. The second kappa shape index (κ2) is 6.46. The summed E-state index contributed by atoms with van der Waals surface area (Å²) < 4.78 is 0. The van der Waals surface area contributed by atoms with E-state index >= 15 is 0 Å². The number of rotatable bonds is 3. The van der Waals surface area contributed by atoms with E-state index in [1.165, 1.54) is 12.8 Å². The predicted octanol–water partition coefficient (Wildman–Crippen LogP) is 3.34. The van der Waals surface area contributed by atoms with Crippen LogP contribution in [-0.2, 0) is 0 Å². The van der Waals surface area contributed by atoms with E-state index in [1.54, 1.807) is 6.07 Å². The van der Waals surface area contributed by atoms with E-state index in [0.717, 1.165) is 12.1 Å². The Kier molecular flexibility index (Phi) is 4.86. The van der Waals surface area contributed by atoms with Gasteiger partial charge in [0.15, 0.2) is 0 Å². The van der Waals surface area contributed by atoms with Gasteiger partial charge in [-0.05, 0) is 36.3 Å². The molecule has 1 aliphatic rings. The maximum absolute atomic E-state index is 12.5. The Balaban J connectivity index is 2.13. The molecule has 0 spiro atoms. The van der Waals surface area contributed by atoms with Gasteiger partial charge in [0.2, 0.25) is 0 Å². The molecule has 0 radical (unpaired) electrons. The van der Waals surface area contributed by atoms with Gasteiger partial charge in [-0.25, -0.2) is 4.98 Å². The average Bonchev–Trinajstić information content (AvgIpc) is 2.43. The molecular weight excluding hydrogens is 262 g/mol. The molecule has 1 aliphatic carbocycles. The number of carbonyl (C=O) groups excluding carboxylic acids is 1. The fourth-order valence-corrected chi connectivity index (χ4v) is 3.04. The Bertz CT molecular complexity index is 513. The van der Waals surface area contributed by atoms with Gasteiger partial charge in [-0.2, -0.15) is 0 Å². The van der Waals surface area contributed by atoms with Crippen molar-refractivity contribution >= 4 is 11.7 Å². The number of nitrogens with one attached hydrogen (secondary N) is 1. The van der Waals surface area contributed by atoms with E-state index < -0.39 is 0 Å². The molecule has 1 aromatic heterocycles. The fourth-order valence-electron chi connectivity index (χ4n) is 3.04. The lowest BCUT2D eigenvalue weighted by Gasteiger charge is -2.34. The predicted molar refractivity (Wildman–Crippen MR) is 86.2 cm³/mol. The van der Waals surface area contributed by atoms with E-state index in [2.05, 4.69) is 24.1 Å². The summed E-state index contributed by atoms with van der Waals surface area (Å²) in [7, 11) is 0. The summed E-state index contributed by atoms with van der Waals surface area (Å²) in [6.07, 6.45) is 3.51. The molecule has 1 fully saturated rings. The first kappa shape index (κ1) is 15.8. The van der Waals surface area contributed by atoms with Crippen LogP contribution in [0.1, 0.15) is 68.9 Å². The SMILES string of the molecule is CC(C)c1cc(C(=O)NC2CCCC(C)C2C)cc(N)n1. The topological polar surface area (TPSA) is 68.0 Å². The van der Waals surface area contributed by atoms with Crippen molar-refractivity contribution in [1.82, 2.24) is 10.3 Å². The summed E-state index contributed by atoms with van der Waals surface area (Å²) in [6, 6.07) is 3.78. The Morgan fingerprint density at radius 2 is 2.05 bits per heavy atom. The third-order valence-corrected chi connectivity index (χ3v) is 4.74. The molecule has 3 atom stereocenters. The monoisotopic (exact) mass is 289 g/mol. The van der Waals surface area contributed by atoms with Crippen LogP contribution >= 0.6 is 0 Å². The number of nitrogens with two attached hydrogens (primary N) is 1. The number of hydrogen-bond acceptors (Lipinski definition) is 3. The first-order valence-corrected chi connectivity index (χ1v) is 7.96. The number of carbonyl (C=O) groups is 1. The number of hydrogen-bond donors (Lipinski definition) is 2. The molecule has 3 unspecified atom stereocenters. The molecule has 4 nitrogen and oxygen atoms in total. The highest BCUT2D eigenvalue weighted by Crippen LogP contribution is 2.29. The Morgan fingerprint density at radius 1 is 1.33 bits per heavy atom. The fraction of sp³-hybridized carbons (Fsp3) is 0.647. The number of aromatic nitrogens is 1. The zero-order valence-corrected chi connectivity index (χ0v) is 13.5. The van der Waals surface area contributed by atoms with Crippen molar-refractivity contribution in [2.75, 3.05) is 5.73 Å².